The highest BCUT2D eigenvalue weighted by Crippen LogP contribution is 2.14. The van der Waals surface area contributed by atoms with Crippen LogP contribution in [0.4, 0.5) is 5.69 Å². The van der Waals surface area contributed by atoms with Crippen LogP contribution in [0.1, 0.15) is 17.5 Å². The second-order valence-electron chi connectivity index (χ2n) is 3.87. The van der Waals surface area contributed by atoms with E-state index in [1.54, 1.807) is 31.2 Å². The largest absolute Gasteiger partial charge is 0.487 e. The maximum absolute atomic E-state index is 11.9. The lowest BCUT2D eigenvalue weighted by molar-refractivity contribution is 0.0993. The number of carbonyl (C=O) groups excluding carboxylic acids is 1. The zero-order chi connectivity index (χ0) is 14.5. The van der Waals surface area contributed by atoms with Crippen LogP contribution in [0.5, 0.6) is 5.75 Å². The lowest BCUT2D eigenvalue weighted by Gasteiger charge is -2.05. The first-order chi connectivity index (χ1) is 9.60. The van der Waals surface area contributed by atoms with Crippen molar-refractivity contribution in [2.24, 2.45) is 0 Å². The number of nitrogens with one attached hydrogen (secondary N) is 1. The summed E-state index contributed by atoms with van der Waals surface area (Å²) in [6, 6.07) is 7.67. The molecule has 0 radical (unpaired) electrons. The van der Waals surface area contributed by atoms with Gasteiger partial charge in [0.05, 0.1) is 6.61 Å². The van der Waals surface area contributed by atoms with E-state index in [2.05, 4.69) is 5.32 Å². The van der Waals surface area contributed by atoms with Gasteiger partial charge in [-0.1, -0.05) is 11.6 Å². The first kappa shape index (κ1) is 14.1. The molecule has 1 amide bonds. The number of halogens is 1. The Balaban J connectivity index is 2.15. The maximum atomic E-state index is 11.9. The summed E-state index contributed by atoms with van der Waals surface area (Å²) in [4.78, 5) is 23.6. The topological polar surface area (TPSA) is 68.5 Å². The van der Waals surface area contributed by atoms with Gasteiger partial charge in [0.25, 0.3) is 5.91 Å². The smallest absolute Gasteiger partial charge is 0.291 e. The molecule has 1 N–H and O–H groups in total. The summed E-state index contributed by atoms with van der Waals surface area (Å²) in [5.41, 5.74) is 0.148. The third kappa shape index (κ3) is 3.39. The van der Waals surface area contributed by atoms with E-state index in [1.165, 1.54) is 0 Å². The molecule has 2 aromatic rings. The molecule has 0 saturated carbocycles. The quantitative estimate of drug-likeness (QED) is 0.941. The Morgan fingerprint density at radius 1 is 1.35 bits per heavy atom. The van der Waals surface area contributed by atoms with Crippen molar-refractivity contribution >= 4 is 23.2 Å². The molecule has 0 aliphatic heterocycles. The fourth-order valence-electron chi connectivity index (χ4n) is 1.50. The van der Waals surface area contributed by atoms with Crippen LogP contribution in [-0.2, 0) is 0 Å². The first-order valence-electron chi connectivity index (χ1n) is 5.92. The van der Waals surface area contributed by atoms with Crippen molar-refractivity contribution in [2.75, 3.05) is 11.9 Å². The molecule has 1 heterocycles. The molecule has 0 bridgehead atoms. The molecule has 0 atom stereocenters. The van der Waals surface area contributed by atoms with E-state index in [0.717, 1.165) is 12.3 Å². The number of anilines is 1. The van der Waals surface area contributed by atoms with Crippen LogP contribution < -0.4 is 15.5 Å². The third-order valence-electron chi connectivity index (χ3n) is 2.42. The normalized spacial score (nSPS) is 10.1. The average Bonchev–Trinajstić information content (AvgIpc) is 2.44. The van der Waals surface area contributed by atoms with Gasteiger partial charge in [-0.2, -0.15) is 0 Å². The van der Waals surface area contributed by atoms with Gasteiger partial charge < -0.3 is 14.5 Å². The molecule has 6 heteroatoms. The molecule has 20 heavy (non-hydrogen) atoms. The minimum atomic E-state index is -0.521. The SMILES string of the molecule is CCOc1coc(C(=O)Nc2ccc(Cl)cc2)cc1=O. The highest BCUT2D eigenvalue weighted by Gasteiger charge is 2.12. The van der Waals surface area contributed by atoms with Crippen LogP contribution in [0, 0.1) is 0 Å². The first-order valence-corrected chi connectivity index (χ1v) is 6.30. The summed E-state index contributed by atoms with van der Waals surface area (Å²) in [6.07, 6.45) is 1.13. The molecule has 0 aliphatic carbocycles. The zero-order valence-corrected chi connectivity index (χ0v) is 11.4. The minimum absolute atomic E-state index is 0.0792. The second kappa shape index (κ2) is 6.25. The highest BCUT2D eigenvalue weighted by molar-refractivity contribution is 6.30. The predicted molar refractivity (Wildman–Crippen MR) is 75.6 cm³/mol. The van der Waals surface area contributed by atoms with Crippen molar-refractivity contribution in [2.45, 2.75) is 6.92 Å². The number of benzene rings is 1. The second-order valence-corrected chi connectivity index (χ2v) is 4.30. The van der Waals surface area contributed by atoms with Crippen LogP contribution in [-0.4, -0.2) is 12.5 Å². The summed E-state index contributed by atoms with van der Waals surface area (Å²) in [5.74, 6) is -0.531. The van der Waals surface area contributed by atoms with Gasteiger partial charge in [0.15, 0.2) is 5.76 Å². The number of rotatable bonds is 4. The Hall–Kier alpha value is -2.27. The molecular formula is C14H12ClNO4. The Morgan fingerprint density at radius 3 is 2.65 bits per heavy atom. The monoisotopic (exact) mass is 293 g/mol. The standard InChI is InChI=1S/C14H12ClNO4/c1-2-19-13-8-20-12(7-11(13)17)14(18)16-10-5-3-9(15)4-6-10/h3-8H,2H2,1H3,(H,16,18). The van der Waals surface area contributed by atoms with Crippen molar-refractivity contribution in [1.82, 2.24) is 0 Å². The van der Waals surface area contributed by atoms with E-state index < -0.39 is 11.3 Å². The molecule has 0 spiro atoms. The van der Waals surface area contributed by atoms with Crippen molar-refractivity contribution in [3.63, 3.8) is 0 Å². The van der Waals surface area contributed by atoms with Crippen molar-refractivity contribution in [3.8, 4) is 5.75 Å². The number of ether oxygens (including phenoxy) is 1. The molecule has 0 saturated heterocycles. The van der Waals surface area contributed by atoms with Gasteiger partial charge in [-0.05, 0) is 31.2 Å². The molecule has 2 rings (SSSR count). The average molecular weight is 294 g/mol. The third-order valence-corrected chi connectivity index (χ3v) is 2.68. The number of hydrogen-bond donors (Lipinski definition) is 1. The van der Waals surface area contributed by atoms with Gasteiger partial charge >= 0.3 is 0 Å². The van der Waals surface area contributed by atoms with Crippen LogP contribution in [0.3, 0.4) is 0 Å². The summed E-state index contributed by atoms with van der Waals surface area (Å²) >= 11 is 5.75. The van der Waals surface area contributed by atoms with E-state index in [4.69, 9.17) is 20.8 Å². The molecule has 1 aromatic carbocycles. The number of hydrogen-bond acceptors (Lipinski definition) is 4. The minimum Gasteiger partial charge on any atom is -0.487 e. The van der Waals surface area contributed by atoms with E-state index in [-0.39, 0.29) is 11.5 Å². The van der Waals surface area contributed by atoms with Crippen molar-refractivity contribution < 1.29 is 13.9 Å². The van der Waals surface area contributed by atoms with E-state index in [9.17, 15) is 9.59 Å². The van der Waals surface area contributed by atoms with Crippen LogP contribution in [0.25, 0.3) is 0 Å². The van der Waals surface area contributed by atoms with E-state index >= 15 is 0 Å². The van der Waals surface area contributed by atoms with Crippen LogP contribution >= 0.6 is 11.6 Å². The van der Waals surface area contributed by atoms with Gasteiger partial charge in [-0.3, -0.25) is 9.59 Å². The maximum Gasteiger partial charge on any atom is 0.291 e. The Kier molecular flexibility index (Phi) is 4.42. The summed E-state index contributed by atoms with van der Waals surface area (Å²) in [6.45, 7) is 2.10. The molecule has 1 aromatic heterocycles. The lowest BCUT2D eigenvalue weighted by Crippen LogP contribution is -2.15. The number of carbonyl (C=O) groups is 1. The van der Waals surface area contributed by atoms with Crippen LogP contribution in [0.2, 0.25) is 5.02 Å². The van der Waals surface area contributed by atoms with Gasteiger partial charge in [-0.15, -0.1) is 0 Å². The van der Waals surface area contributed by atoms with Crippen LogP contribution in [0.15, 0.2) is 45.8 Å². The Bertz CT molecular complexity index is 664. The molecule has 0 fully saturated rings. The van der Waals surface area contributed by atoms with Gasteiger partial charge in [0.1, 0.15) is 6.26 Å². The van der Waals surface area contributed by atoms with Gasteiger partial charge in [0.2, 0.25) is 11.2 Å². The molecule has 0 unspecified atom stereocenters. The Morgan fingerprint density at radius 2 is 2.05 bits per heavy atom. The van der Waals surface area contributed by atoms with Crippen molar-refractivity contribution in [1.29, 1.82) is 0 Å². The van der Waals surface area contributed by atoms with Gasteiger partial charge in [-0.25, -0.2) is 0 Å². The summed E-state index contributed by atoms with van der Waals surface area (Å²) < 4.78 is 10.1. The predicted octanol–water partition coefficient (Wildman–Crippen LogP) is 2.94. The lowest BCUT2D eigenvalue weighted by atomic mass is 10.3. The summed E-state index contributed by atoms with van der Waals surface area (Å²) in [7, 11) is 0. The molecule has 104 valence electrons. The fraction of sp³-hybridized carbons (Fsp3) is 0.143. The molecule has 5 nitrogen and oxygen atoms in total. The Labute approximate surface area is 120 Å². The van der Waals surface area contributed by atoms with E-state index in [1.807, 2.05) is 0 Å². The number of amides is 1. The van der Waals surface area contributed by atoms with Gasteiger partial charge in [0, 0.05) is 16.8 Å². The highest BCUT2D eigenvalue weighted by atomic mass is 35.5. The molecule has 0 aliphatic rings. The van der Waals surface area contributed by atoms with Crippen molar-refractivity contribution in [3.05, 3.63) is 57.6 Å². The molecular weight excluding hydrogens is 282 g/mol. The zero-order valence-electron chi connectivity index (χ0n) is 10.7. The summed E-state index contributed by atoms with van der Waals surface area (Å²) in [5, 5.41) is 3.16. The van der Waals surface area contributed by atoms with E-state index in [0.29, 0.717) is 17.3 Å². The fourth-order valence-corrected chi connectivity index (χ4v) is 1.63.